The predicted octanol–water partition coefficient (Wildman–Crippen LogP) is 4.17. The lowest BCUT2D eigenvalue weighted by Crippen LogP contribution is -2.15. The van der Waals surface area contributed by atoms with Gasteiger partial charge in [-0.1, -0.05) is 47.7 Å². The van der Waals surface area contributed by atoms with Crippen LogP contribution in [-0.2, 0) is 11.3 Å². The number of thiazole rings is 1. The van der Waals surface area contributed by atoms with E-state index in [9.17, 15) is 9.18 Å². The van der Waals surface area contributed by atoms with Gasteiger partial charge in [-0.15, -0.1) is 6.58 Å². The second-order valence-corrected chi connectivity index (χ2v) is 6.10. The molecule has 0 saturated carbocycles. The van der Waals surface area contributed by atoms with E-state index in [1.54, 1.807) is 18.2 Å². The zero-order valence-corrected chi connectivity index (χ0v) is 13.7. The molecule has 0 bridgehead atoms. The lowest BCUT2D eigenvalue weighted by atomic mass is 10.2. The van der Waals surface area contributed by atoms with Crippen LogP contribution in [0.15, 0.2) is 72.3 Å². The molecule has 1 aromatic heterocycles. The molecule has 0 fully saturated rings. The molecule has 3 nitrogen and oxygen atoms in total. The smallest absolute Gasteiger partial charge is 0.272 e. The molecule has 0 radical (unpaired) electrons. The summed E-state index contributed by atoms with van der Waals surface area (Å²) in [5.74, 6) is -0.667. The number of aromatic nitrogens is 1. The van der Waals surface area contributed by atoms with Gasteiger partial charge in [0.05, 0.1) is 10.2 Å². The molecule has 0 aliphatic carbocycles. The van der Waals surface area contributed by atoms with E-state index in [-0.39, 0.29) is 11.7 Å². The van der Waals surface area contributed by atoms with E-state index in [2.05, 4.69) is 11.6 Å². The van der Waals surface area contributed by atoms with E-state index in [4.69, 9.17) is 0 Å². The van der Waals surface area contributed by atoms with Gasteiger partial charge >= 0.3 is 0 Å². The average Bonchev–Trinajstić information content (AvgIpc) is 2.91. The maximum Gasteiger partial charge on any atom is 0.272 e. The maximum absolute atomic E-state index is 13.4. The van der Waals surface area contributed by atoms with Crippen LogP contribution in [0.4, 0.5) is 4.39 Å². The van der Waals surface area contributed by atoms with Crippen LogP contribution in [0.2, 0.25) is 0 Å². The number of halogens is 1. The number of rotatable bonds is 4. The van der Waals surface area contributed by atoms with Crippen LogP contribution < -0.4 is 4.80 Å². The zero-order chi connectivity index (χ0) is 16.9. The molecule has 5 heteroatoms. The van der Waals surface area contributed by atoms with Crippen molar-refractivity contribution in [3.8, 4) is 0 Å². The molecule has 0 aliphatic rings. The summed E-state index contributed by atoms with van der Waals surface area (Å²) >= 11 is 1.28. The molecular formula is C19H15FN2OS. The average molecular weight is 338 g/mol. The van der Waals surface area contributed by atoms with Crippen LogP contribution >= 0.6 is 11.3 Å². The first-order chi connectivity index (χ1) is 11.7. The number of carbonyl (C=O) groups excluding carboxylic acids is 1. The number of nitrogens with zero attached hydrogens (tertiary/aromatic N) is 2. The molecule has 1 heterocycles. The van der Waals surface area contributed by atoms with Crippen molar-refractivity contribution in [3.05, 3.63) is 83.4 Å². The van der Waals surface area contributed by atoms with E-state index >= 15 is 0 Å². The lowest BCUT2D eigenvalue weighted by molar-refractivity contribution is -0.113. The summed E-state index contributed by atoms with van der Waals surface area (Å²) in [4.78, 5) is 16.8. The van der Waals surface area contributed by atoms with Crippen LogP contribution in [0, 0.1) is 5.82 Å². The molecule has 0 N–H and O–H groups in total. The van der Waals surface area contributed by atoms with Gasteiger partial charge in [-0.2, -0.15) is 4.99 Å². The molecule has 3 aromatic rings. The highest BCUT2D eigenvalue weighted by Gasteiger charge is 2.07. The lowest BCUT2D eigenvalue weighted by Gasteiger charge is -2.00. The van der Waals surface area contributed by atoms with E-state index in [0.717, 1.165) is 15.8 Å². The van der Waals surface area contributed by atoms with Gasteiger partial charge in [0.2, 0.25) is 0 Å². The van der Waals surface area contributed by atoms with Gasteiger partial charge in [-0.25, -0.2) is 4.39 Å². The first-order valence-corrected chi connectivity index (χ1v) is 8.20. The Morgan fingerprint density at radius 3 is 2.79 bits per heavy atom. The fourth-order valence-corrected chi connectivity index (χ4v) is 3.37. The first kappa shape index (κ1) is 16.1. The third-order valence-electron chi connectivity index (χ3n) is 3.38. The van der Waals surface area contributed by atoms with Crippen LogP contribution in [0.25, 0.3) is 16.3 Å². The third-order valence-corrected chi connectivity index (χ3v) is 4.42. The van der Waals surface area contributed by atoms with Gasteiger partial charge in [0.1, 0.15) is 5.82 Å². The normalized spacial score (nSPS) is 12.1. The van der Waals surface area contributed by atoms with Crippen molar-refractivity contribution in [2.24, 2.45) is 4.99 Å². The van der Waals surface area contributed by atoms with Gasteiger partial charge in [0.25, 0.3) is 5.91 Å². The fraction of sp³-hybridized carbons (Fsp3) is 0.0526. The summed E-state index contributed by atoms with van der Waals surface area (Å²) in [6, 6.07) is 14.1. The van der Waals surface area contributed by atoms with Crippen molar-refractivity contribution >= 4 is 33.5 Å². The van der Waals surface area contributed by atoms with Crippen LogP contribution in [0.5, 0.6) is 0 Å². The minimum Gasteiger partial charge on any atom is -0.312 e. The van der Waals surface area contributed by atoms with Crippen LogP contribution in [0.3, 0.4) is 0 Å². The molecule has 1 amide bonds. The topological polar surface area (TPSA) is 34.4 Å². The molecule has 2 aromatic carbocycles. The van der Waals surface area contributed by atoms with Crippen molar-refractivity contribution in [1.82, 2.24) is 4.57 Å². The number of benzene rings is 2. The SMILES string of the molecule is C=CCn1c(=NC(=O)C=Cc2ccccc2)sc2cc(F)ccc21. The molecule has 0 aliphatic heterocycles. The van der Waals surface area contributed by atoms with Gasteiger partial charge in [-0.05, 0) is 29.8 Å². The molecule has 0 atom stereocenters. The number of allylic oxidation sites excluding steroid dienone is 1. The minimum absolute atomic E-state index is 0.309. The number of amides is 1. The quantitative estimate of drug-likeness (QED) is 0.519. The molecule has 0 unspecified atom stereocenters. The van der Waals surface area contributed by atoms with E-state index in [0.29, 0.717) is 11.3 Å². The molecule has 3 rings (SSSR count). The highest BCUT2D eigenvalue weighted by atomic mass is 32.1. The first-order valence-electron chi connectivity index (χ1n) is 7.39. The highest BCUT2D eigenvalue weighted by Crippen LogP contribution is 2.18. The highest BCUT2D eigenvalue weighted by molar-refractivity contribution is 7.16. The van der Waals surface area contributed by atoms with Crippen molar-refractivity contribution in [2.75, 3.05) is 0 Å². The Balaban J connectivity index is 1.99. The van der Waals surface area contributed by atoms with E-state index in [1.165, 1.54) is 29.5 Å². The van der Waals surface area contributed by atoms with E-state index in [1.807, 2.05) is 34.9 Å². The monoisotopic (exact) mass is 338 g/mol. The fourth-order valence-electron chi connectivity index (χ4n) is 2.30. The van der Waals surface area contributed by atoms with E-state index < -0.39 is 0 Å². The Morgan fingerprint density at radius 2 is 2.04 bits per heavy atom. The van der Waals surface area contributed by atoms with Crippen molar-refractivity contribution in [1.29, 1.82) is 0 Å². The number of carbonyl (C=O) groups is 1. The van der Waals surface area contributed by atoms with Crippen molar-refractivity contribution in [2.45, 2.75) is 6.54 Å². The molecule has 0 spiro atoms. The van der Waals surface area contributed by atoms with Gasteiger partial charge in [0.15, 0.2) is 4.80 Å². The number of hydrogen-bond donors (Lipinski definition) is 0. The van der Waals surface area contributed by atoms with Gasteiger partial charge < -0.3 is 4.57 Å². The Morgan fingerprint density at radius 1 is 1.25 bits per heavy atom. The summed E-state index contributed by atoms with van der Waals surface area (Å²) < 4.78 is 16.0. The molecular weight excluding hydrogens is 323 g/mol. The summed E-state index contributed by atoms with van der Waals surface area (Å²) in [6.07, 6.45) is 4.87. The summed E-state index contributed by atoms with van der Waals surface area (Å²) in [7, 11) is 0. The molecule has 24 heavy (non-hydrogen) atoms. The second kappa shape index (κ2) is 7.19. The molecule has 120 valence electrons. The standard InChI is InChI=1S/C19H15FN2OS/c1-2-12-22-16-10-9-15(20)13-17(16)24-19(22)21-18(23)11-8-14-6-4-3-5-7-14/h2-11,13H,1,12H2. The third kappa shape index (κ3) is 3.58. The van der Waals surface area contributed by atoms with Crippen molar-refractivity contribution < 1.29 is 9.18 Å². The van der Waals surface area contributed by atoms with Gasteiger partial charge in [0, 0.05) is 12.6 Å². The summed E-state index contributed by atoms with van der Waals surface area (Å²) in [6.45, 7) is 4.23. The molecule has 0 saturated heterocycles. The predicted molar refractivity (Wildman–Crippen MR) is 96.0 cm³/mol. The minimum atomic E-state index is -0.358. The zero-order valence-electron chi connectivity index (χ0n) is 12.9. The Bertz CT molecular complexity index is 984. The van der Waals surface area contributed by atoms with Crippen LogP contribution in [-0.4, -0.2) is 10.5 Å². The second-order valence-electron chi connectivity index (χ2n) is 5.09. The number of hydrogen-bond acceptors (Lipinski definition) is 2. The van der Waals surface area contributed by atoms with Crippen LogP contribution in [0.1, 0.15) is 5.56 Å². The largest absolute Gasteiger partial charge is 0.312 e. The Kier molecular flexibility index (Phi) is 4.82. The summed E-state index contributed by atoms with van der Waals surface area (Å²) in [5, 5.41) is 0. The van der Waals surface area contributed by atoms with Crippen molar-refractivity contribution in [3.63, 3.8) is 0 Å². The number of fused-ring (bicyclic) bond motifs is 1. The summed E-state index contributed by atoms with van der Waals surface area (Å²) in [5.41, 5.74) is 1.76. The Hall–Kier alpha value is -2.79. The van der Waals surface area contributed by atoms with Gasteiger partial charge in [-0.3, -0.25) is 4.79 Å². The Labute approximate surface area is 142 Å². The maximum atomic E-state index is 13.4.